The van der Waals surface area contributed by atoms with Crippen LogP contribution in [0.2, 0.25) is 0 Å². The minimum absolute atomic E-state index is 0.125. The molecule has 3 saturated heterocycles. The predicted octanol–water partition coefficient (Wildman–Crippen LogP) is 6.15. The molecule has 0 spiro atoms. The average molecular weight is 810 g/mol. The lowest BCUT2D eigenvalue weighted by atomic mass is 9.72. The number of likely N-dealkylation sites (N-methyl/N-ethyl adjacent to an activating group) is 1. The molecule has 13 heteroatoms. The lowest BCUT2D eigenvalue weighted by molar-refractivity contribution is -0.276. The van der Waals surface area contributed by atoms with Gasteiger partial charge in [-0.05, 0) is 91.9 Å². The molecule has 3 aliphatic heterocycles. The number of aryl methyl sites for hydroxylation is 1. The van der Waals surface area contributed by atoms with Crippen LogP contribution < -0.4 is 0 Å². The molecule has 13 atom stereocenters. The Bertz CT molecular complexity index is 1770. The van der Waals surface area contributed by atoms with E-state index in [-0.39, 0.29) is 37.2 Å². The van der Waals surface area contributed by atoms with Crippen LogP contribution >= 0.6 is 0 Å². The number of amides is 1. The van der Waals surface area contributed by atoms with Crippen LogP contribution in [0.25, 0.3) is 10.9 Å². The van der Waals surface area contributed by atoms with Crippen molar-refractivity contribution in [3.63, 3.8) is 0 Å². The molecule has 4 heterocycles. The van der Waals surface area contributed by atoms with Crippen molar-refractivity contribution in [2.24, 2.45) is 23.7 Å². The maximum atomic E-state index is 14.8. The monoisotopic (exact) mass is 809 g/mol. The van der Waals surface area contributed by atoms with E-state index in [2.05, 4.69) is 6.07 Å². The van der Waals surface area contributed by atoms with E-state index in [0.29, 0.717) is 25.8 Å². The van der Waals surface area contributed by atoms with Crippen molar-refractivity contribution >= 4 is 34.5 Å². The van der Waals surface area contributed by atoms with E-state index >= 15 is 0 Å². The Morgan fingerprint density at radius 2 is 1.67 bits per heavy atom. The number of aliphatic hydroxyl groups excluding tert-OH is 1. The van der Waals surface area contributed by atoms with E-state index in [1.165, 1.54) is 14.0 Å². The number of ketones is 2. The summed E-state index contributed by atoms with van der Waals surface area (Å²) in [5.41, 5.74) is -0.708. The van der Waals surface area contributed by atoms with E-state index in [9.17, 15) is 24.3 Å². The average Bonchev–Trinajstić information content (AvgIpc) is 3.49. The van der Waals surface area contributed by atoms with E-state index in [4.69, 9.17) is 28.7 Å². The quantitative estimate of drug-likeness (QED) is 0.157. The summed E-state index contributed by atoms with van der Waals surface area (Å²) in [6, 6.07) is 11.0. The molecule has 1 unspecified atom stereocenters. The summed E-state index contributed by atoms with van der Waals surface area (Å²) in [6.07, 6.45) is -1.54. The summed E-state index contributed by atoms with van der Waals surface area (Å²) in [4.78, 5) is 65.8. The maximum absolute atomic E-state index is 14.8. The minimum atomic E-state index is -1.35. The molecule has 58 heavy (non-hydrogen) atoms. The Morgan fingerprint density at radius 3 is 2.33 bits per heavy atom. The highest BCUT2D eigenvalue weighted by Crippen LogP contribution is 2.45. The Balaban J connectivity index is 1.49. The number of fused-ring (bicyclic) bond motifs is 2. The van der Waals surface area contributed by atoms with E-state index in [0.717, 1.165) is 23.0 Å². The standard InChI is InChI=1S/C45H67N3O10/c1-12-35-45(13-2)39(48(43(53)58-45)23-17-16-19-32-22-21-31-18-14-15-20-33(31)46-32)28(5)36(49)26(3)25-44(8,54-11)40(29(6)37(50)30(7)41(51)56-35)57-38-34(47(9)10)24-27(4)55-42(38)52/h14-15,18,20-22,26-30,34-35,38-40,42,52H,12-13,16-17,19,23-25H2,1-11H3/t26-,27-,28+,29+,30-,34+,35-,38-,39-,40-,42?,44+,45-/m1/s1. The van der Waals surface area contributed by atoms with Gasteiger partial charge in [0.2, 0.25) is 0 Å². The summed E-state index contributed by atoms with van der Waals surface area (Å²) >= 11 is 0. The van der Waals surface area contributed by atoms with E-state index in [1.54, 1.807) is 18.7 Å². The number of aliphatic hydroxyl groups is 1. The first-order valence-electron chi connectivity index (χ1n) is 21.3. The van der Waals surface area contributed by atoms with Crippen LogP contribution in [0.4, 0.5) is 4.79 Å². The zero-order chi connectivity index (χ0) is 42.7. The Labute approximate surface area is 344 Å². The number of pyridine rings is 1. The molecule has 0 aliphatic carbocycles. The van der Waals surface area contributed by atoms with Crippen molar-refractivity contribution in [3.05, 3.63) is 42.1 Å². The fourth-order valence-electron chi connectivity index (χ4n) is 9.90. The third-order valence-corrected chi connectivity index (χ3v) is 13.3. The van der Waals surface area contributed by atoms with Gasteiger partial charge >= 0.3 is 12.1 Å². The number of hydrogen-bond donors (Lipinski definition) is 1. The number of cyclic esters (lactones) is 1. The summed E-state index contributed by atoms with van der Waals surface area (Å²) in [6.45, 7) is 14.6. The first kappa shape index (κ1) is 45.6. The Kier molecular flexibility index (Phi) is 14.8. The van der Waals surface area contributed by atoms with Gasteiger partial charge in [-0.15, -0.1) is 0 Å². The molecule has 0 bridgehead atoms. The molecular weight excluding hydrogens is 743 g/mol. The molecule has 322 valence electrons. The van der Waals surface area contributed by atoms with Crippen molar-refractivity contribution < 1.29 is 48.0 Å². The van der Waals surface area contributed by atoms with Gasteiger partial charge in [0.15, 0.2) is 17.7 Å². The number of carbonyl (C=O) groups excluding carboxylic acids is 4. The number of benzene rings is 1. The van der Waals surface area contributed by atoms with Gasteiger partial charge in [0.25, 0.3) is 0 Å². The van der Waals surface area contributed by atoms with Crippen LogP contribution in [-0.4, -0.2) is 125 Å². The van der Waals surface area contributed by atoms with Crippen molar-refractivity contribution in [3.8, 4) is 0 Å². The third kappa shape index (κ3) is 9.13. The third-order valence-electron chi connectivity index (χ3n) is 13.3. The first-order chi connectivity index (χ1) is 27.4. The van der Waals surface area contributed by atoms with Crippen LogP contribution in [-0.2, 0) is 44.5 Å². The number of hydrogen-bond acceptors (Lipinski definition) is 12. The van der Waals surface area contributed by atoms with Gasteiger partial charge < -0.3 is 38.6 Å². The summed E-state index contributed by atoms with van der Waals surface area (Å²) < 4.78 is 31.4. The van der Waals surface area contributed by atoms with Gasteiger partial charge in [0.05, 0.1) is 29.4 Å². The maximum Gasteiger partial charge on any atom is 0.410 e. The number of unbranched alkanes of at least 4 members (excludes halogenated alkanes) is 1. The molecular formula is C45H67N3O10. The number of nitrogens with zero attached hydrogens (tertiary/aromatic N) is 3. The van der Waals surface area contributed by atoms with Gasteiger partial charge in [-0.25, -0.2) is 4.79 Å². The van der Waals surface area contributed by atoms with Gasteiger partial charge in [-0.1, -0.05) is 58.9 Å². The zero-order valence-corrected chi connectivity index (χ0v) is 36.4. The predicted molar refractivity (Wildman–Crippen MR) is 219 cm³/mol. The summed E-state index contributed by atoms with van der Waals surface area (Å²) in [5, 5.41) is 12.3. The second kappa shape index (κ2) is 18.8. The first-order valence-corrected chi connectivity index (χ1v) is 21.3. The topological polar surface area (TPSA) is 154 Å². The number of aromatic nitrogens is 1. The van der Waals surface area contributed by atoms with Crippen LogP contribution in [0.15, 0.2) is 36.4 Å². The number of esters is 1. The van der Waals surface area contributed by atoms with Crippen molar-refractivity contribution in [2.45, 2.75) is 154 Å². The van der Waals surface area contributed by atoms with E-state index < -0.39 is 83.4 Å². The second-order valence-electron chi connectivity index (χ2n) is 17.5. The van der Waals surface area contributed by atoms with Crippen molar-refractivity contribution in [2.75, 3.05) is 27.7 Å². The normalized spacial score (nSPS) is 36.8. The Morgan fingerprint density at radius 1 is 0.966 bits per heavy atom. The molecule has 1 aromatic heterocycles. The molecule has 5 rings (SSSR count). The van der Waals surface area contributed by atoms with Gasteiger partial charge in [-0.2, -0.15) is 0 Å². The highest BCUT2D eigenvalue weighted by atomic mass is 16.6. The number of methoxy groups -OCH3 is 1. The highest BCUT2D eigenvalue weighted by Gasteiger charge is 2.62. The SMILES string of the molecule is CC[C@H]1OC(=O)[C@H](C)C(=O)[C@H](C)[C@@H](O[C@H]2C(O)O[C@H](C)C[C@@H]2N(C)C)[C@@](C)(OC)C[C@@H](C)C(=O)[C@H](C)[C@H]2N(CCCCc3ccc4ccccc4n3)C(=O)O[C@]12CC. The largest absolute Gasteiger partial charge is 0.457 e. The molecule has 13 nitrogen and oxygen atoms in total. The number of para-hydroxylation sites is 1. The fraction of sp³-hybridized carbons (Fsp3) is 0.711. The molecule has 1 amide bonds. The molecule has 3 aliphatic rings. The van der Waals surface area contributed by atoms with Crippen LogP contribution in [0.5, 0.6) is 0 Å². The fourth-order valence-corrected chi connectivity index (χ4v) is 9.90. The van der Waals surface area contributed by atoms with Crippen LogP contribution in [0.1, 0.15) is 99.6 Å². The number of ether oxygens (including phenoxy) is 5. The molecule has 2 aromatic rings. The number of Topliss-reactive ketones (excluding diaryl/α,β-unsaturated/α-hetero) is 2. The molecule has 3 fully saturated rings. The Hall–Kier alpha value is -3.49. The van der Waals surface area contributed by atoms with Crippen LogP contribution in [0, 0.1) is 23.7 Å². The van der Waals surface area contributed by atoms with Crippen molar-refractivity contribution in [1.29, 1.82) is 0 Å². The molecule has 0 radical (unpaired) electrons. The van der Waals surface area contributed by atoms with Gasteiger partial charge in [0, 0.05) is 48.5 Å². The lowest BCUT2D eigenvalue weighted by Gasteiger charge is -2.48. The zero-order valence-electron chi connectivity index (χ0n) is 36.4. The second-order valence-corrected chi connectivity index (χ2v) is 17.5. The minimum Gasteiger partial charge on any atom is -0.457 e. The molecule has 0 saturated carbocycles. The van der Waals surface area contributed by atoms with Gasteiger partial charge in [0.1, 0.15) is 23.9 Å². The number of carbonyl (C=O) groups is 4. The van der Waals surface area contributed by atoms with Crippen molar-refractivity contribution in [1.82, 2.24) is 14.8 Å². The summed E-state index contributed by atoms with van der Waals surface area (Å²) in [5.74, 6) is -4.81. The molecule has 1 N–H and O–H groups in total. The highest BCUT2D eigenvalue weighted by molar-refractivity contribution is 6.00. The van der Waals surface area contributed by atoms with Crippen LogP contribution in [0.3, 0.4) is 0 Å². The van der Waals surface area contributed by atoms with E-state index in [1.807, 2.05) is 83.9 Å². The smallest absolute Gasteiger partial charge is 0.410 e. The lowest BCUT2D eigenvalue weighted by Crippen LogP contribution is -2.61. The summed E-state index contributed by atoms with van der Waals surface area (Å²) in [7, 11) is 5.31. The molecule has 1 aromatic carbocycles. The van der Waals surface area contributed by atoms with Gasteiger partial charge in [-0.3, -0.25) is 19.4 Å². The number of rotatable bonds is 11.